The Morgan fingerprint density at radius 1 is 1.60 bits per heavy atom. The average Bonchev–Trinajstić information content (AvgIpc) is 2.61. The first kappa shape index (κ1) is 12.1. The number of carboxylic acid groups (broad SMARTS) is 1. The van der Waals surface area contributed by atoms with E-state index in [1.807, 2.05) is 13.8 Å². The molecule has 1 atom stereocenters. The molecule has 0 saturated heterocycles. The van der Waals surface area contributed by atoms with Crippen LogP contribution < -0.4 is 5.73 Å². The second-order valence-corrected chi connectivity index (χ2v) is 4.43. The van der Waals surface area contributed by atoms with Gasteiger partial charge in [0.15, 0.2) is 0 Å². The lowest BCUT2D eigenvalue weighted by molar-refractivity contribution is 0.0700. The molecule has 0 bridgehead atoms. The van der Waals surface area contributed by atoms with Gasteiger partial charge in [-0.05, 0) is 12.8 Å². The highest BCUT2D eigenvalue weighted by atomic mass is 32.1. The van der Waals surface area contributed by atoms with Gasteiger partial charge in [-0.25, -0.2) is 9.78 Å². The van der Waals surface area contributed by atoms with E-state index >= 15 is 0 Å². The van der Waals surface area contributed by atoms with Crippen molar-refractivity contribution in [2.24, 2.45) is 5.73 Å². The van der Waals surface area contributed by atoms with Crippen molar-refractivity contribution in [1.82, 2.24) is 4.98 Å². The Hall–Kier alpha value is -0.940. The minimum atomic E-state index is -0.898. The van der Waals surface area contributed by atoms with Gasteiger partial charge in [-0.2, -0.15) is 0 Å². The maximum absolute atomic E-state index is 11.0. The van der Waals surface area contributed by atoms with Gasteiger partial charge in [-0.15, -0.1) is 11.3 Å². The standard InChI is InChI=1S/C10H16N2O2S/c1-3-5-7-8(10(13)14)15-9(12-7)6(11)4-2/h6H,3-5,11H2,1-2H3,(H,13,14). The summed E-state index contributed by atoms with van der Waals surface area (Å²) in [5.41, 5.74) is 6.50. The predicted octanol–water partition coefficient (Wildman–Crippen LogP) is 2.20. The summed E-state index contributed by atoms with van der Waals surface area (Å²) < 4.78 is 0. The minimum Gasteiger partial charge on any atom is -0.477 e. The van der Waals surface area contributed by atoms with E-state index in [-0.39, 0.29) is 6.04 Å². The van der Waals surface area contributed by atoms with Gasteiger partial charge >= 0.3 is 5.97 Å². The largest absolute Gasteiger partial charge is 0.477 e. The number of carbonyl (C=O) groups is 1. The van der Waals surface area contributed by atoms with Gasteiger partial charge in [-0.3, -0.25) is 0 Å². The minimum absolute atomic E-state index is 0.140. The zero-order valence-electron chi connectivity index (χ0n) is 8.99. The van der Waals surface area contributed by atoms with Crippen molar-refractivity contribution in [3.8, 4) is 0 Å². The number of nitrogens with zero attached hydrogens (tertiary/aromatic N) is 1. The van der Waals surface area contributed by atoms with Crippen molar-refractivity contribution in [3.05, 3.63) is 15.6 Å². The first-order valence-corrected chi connectivity index (χ1v) is 5.90. The predicted molar refractivity (Wildman–Crippen MR) is 60.3 cm³/mol. The Morgan fingerprint density at radius 2 is 2.27 bits per heavy atom. The van der Waals surface area contributed by atoms with E-state index in [1.165, 1.54) is 11.3 Å². The molecule has 1 rings (SSSR count). The van der Waals surface area contributed by atoms with E-state index < -0.39 is 5.97 Å². The van der Waals surface area contributed by atoms with E-state index in [0.717, 1.165) is 17.8 Å². The van der Waals surface area contributed by atoms with Crippen LogP contribution in [0.1, 0.15) is 53.1 Å². The molecule has 1 aromatic heterocycles. The third-order valence-electron chi connectivity index (χ3n) is 2.15. The lowest BCUT2D eigenvalue weighted by Crippen LogP contribution is -2.08. The molecule has 0 aliphatic heterocycles. The summed E-state index contributed by atoms with van der Waals surface area (Å²) in [6, 6.07) is -0.140. The molecular weight excluding hydrogens is 212 g/mol. The van der Waals surface area contributed by atoms with Crippen molar-refractivity contribution in [2.45, 2.75) is 39.2 Å². The van der Waals surface area contributed by atoms with Crippen molar-refractivity contribution < 1.29 is 9.90 Å². The number of hydrogen-bond donors (Lipinski definition) is 2. The van der Waals surface area contributed by atoms with Gasteiger partial charge in [0.05, 0.1) is 11.7 Å². The zero-order chi connectivity index (χ0) is 11.4. The molecule has 0 saturated carbocycles. The van der Waals surface area contributed by atoms with Gasteiger partial charge in [0.25, 0.3) is 0 Å². The molecule has 0 aliphatic carbocycles. The molecular formula is C10H16N2O2S. The molecule has 5 heteroatoms. The number of carboxylic acids is 1. The summed E-state index contributed by atoms with van der Waals surface area (Å²) in [7, 11) is 0. The van der Waals surface area contributed by atoms with Crippen molar-refractivity contribution in [1.29, 1.82) is 0 Å². The highest BCUT2D eigenvalue weighted by Crippen LogP contribution is 2.25. The van der Waals surface area contributed by atoms with E-state index in [9.17, 15) is 4.79 Å². The Bertz CT molecular complexity index is 349. The number of aromatic nitrogens is 1. The molecule has 0 aliphatic rings. The summed E-state index contributed by atoms with van der Waals surface area (Å²) >= 11 is 1.20. The van der Waals surface area contributed by atoms with Crippen molar-refractivity contribution in [3.63, 3.8) is 0 Å². The third-order valence-corrected chi connectivity index (χ3v) is 3.37. The molecule has 3 N–H and O–H groups in total. The topological polar surface area (TPSA) is 76.2 Å². The maximum atomic E-state index is 11.0. The summed E-state index contributed by atoms with van der Waals surface area (Å²) in [6.45, 7) is 3.97. The molecule has 0 radical (unpaired) electrons. The van der Waals surface area contributed by atoms with Crippen LogP contribution in [0, 0.1) is 0 Å². The summed E-state index contributed by atoms with van der Waals surface area (Å²) in [4.78, 5) is 15.6. The summed E-state index contributed by atoms with van der Waals surface area (Å²) in [5, 5.41) is 9.72. The number of hydrogen-bond acceptors (Lipinski definition) is 4. The molecule has 1 heterocycles. The van der Waals surface area contributed by atoms with E-state index in [1.54, 1.807) is 0 Å². The maximum Gasteiger partial charge on any atom is 0.347 e. The van der Waals surface area contributed by atoms with Crippen LogP contribution in [0.15, 0.2) is 0 Å². The van der Waals surface area contributed by atoms with Crippen LogP contribution in [-0.4, -0.2) is 16.1 Å². The molecule has 1 unspecified atom stereocenters. The molecule has 1 aromatic rings. The lowest BCUT2D eigenvalue weighted by atomic mass is 10.2. The molecule has 4 nitrogen and oxygen atoms in total. The van der Waals surface area contributed by atoms with Gasteiger partial charge in [0.2, 0.25) is 0 Å². The van der Waals surface area contributed by atoms with Gasteiger partial charge in [-0.1, -0.05) is 20.3 Å². The summed E-state index contributed by atoms with van der Waals surface area (Å²) in [6.07, 6.45) is 2.37. The SMILES string of the molecule is CCCc1nc(C(N)CC)sc1C(=O)O. The summed E-state index contributed by atoms with van der Waals surface area (Å²) in [5.74, 6) is -0.898. The Labute approximate surface area is 93.1 Å². The highest BCUT2D eigenvalue weighted by molar-refractivity contribution is 7.13. The van der Waals surface area contributed by atoms with Crippen LogP contribution in [0.3, 0.4) is 0 Å². The fourth-order valence-electron chi connectivity index (χ4n) is 1.28. The van der Waals surface area contributed by atoms with E-state index in [4.69, 9.17) is 10.8 Å². The number of aromatic carboxylic acids is 1. The molecule has 0 aromatic carbocycles. The van der Waals surface area contributed by atoms with Crippen molar-refractivity contribution in [2.75, 3.05) is 0 Å². The lowest BCUT2D eigenvalue weighted by Gasteiger charge is -2.01. The smallest absolute Gasteiger partial charge is 0.347 e. The molecule has 15 heavy (non-hydrogen) atoms. The molecule has 84 valence electrons. The van der Waals surface area contributed by atoms with Crippen LogP contribution in [-0.2, 0) is 6.42 Å². The van der Waals surface area contributed by atoms with Crippen LogP contribution in [0.25, 0.3) is 0 Å². The fraction of sp³-hybridized carbons (Fsp3) is 0.600. The fourth-order valence-corrected chi connectivity index (χ4v) is 2.31. The monoisotopic (exact) mass is 228 g/mol. The van der Waals surface area contributed by atoms with E-state index in [2.05, 4.69) is 4.98 Å². The van der Waals surface area contributed by atoms with E-state index in [0.29, 0.717) is 17.0 Å². The van der Waals surface area contributed by atoms with Gasteiger partial charge < -0.3 is 10.8 Å². The normalized spacial score (nSPS) is 12.7. The quantitative estimate of drug-likeness (QED) is 0.810. The van der Waals surface area contributed by atoms with Gasteiger partial charge in [0.1, 0.15) is 9.88 Å². The Kier molecular flexibility index (Phi) is 4.23. The van der Waals surface area contributed by atoms with Crippen LogP contribution in [0.4, 0.5) is 0 Å². The molecule has 0 amide bonds. The van der Waals surface area contributed by atoms with Crippen molar-refractivity contribution >= 4 is 17.3 Å². The Morgan fingerprint density at radius 3 is 2.73 bits per heavy atom. The molecule has 0 fully saturated rings. The highest BCUT2D eigenvalue weighted by Gasteiger charge is 2.18. The zero-order valence-corrected chi connectivity index (χ0v) is 9.80. The second kappa shape index (κ2) is 5.23. The number of aryl methyl sites for hydroxylation is 1. The average molecular weight is 228 g/mol. The number of rotatable bonds is 5. The second-order valence-electron chi connectivity index (χ2n) is 3.40. The van der Waals surface area contributed by atoms with Crippen LogP contribution in [0.5, 0.6) is 0 Å². The third kappa shape index (κ3) is 2.76. The first-order valence-electron chi connectivity index (χ1n) is 5.08. The number of thiazole rings is 1. The van der Waals surface area contributed by atoms with Crippen LogP contribution >= 0.6 is 11.3 Å². The Balaban J connectivity index is 3.03. The number of nitrogens with two attached hydrogens (primary N) is 1. The molecule has 0 spiro atoms. The first-order chi connectivity index (χ1) is 7.10. The van der Waals surface area contributed by atoms with Crippen LogP contribution in [0.2, 0.25) is 0 Å². The van der Waals surface area contributed by atoms with Gasteiger partial charge in [0, 0.05) is 0 Å².